The number of nitrogens with one attached hydrogen (secondary N) is 1. The summed E-state index contributed by atoms with van der Waals surface area (Å²) in [5.74, 6) is -2.05. The fourth-order valence-corrected chi connectivity index (χ4v) is 2.18. The van der Waals surface area contributed by atoms with Gasteiger partial charge >= 0.3 is 18.2 Å². The summed E-state index contributed by atoms with van der Waals surface area (Å²) < 4.78 is 10.6. The Bertz CT molecular complexity index is 566. The number of unbranched alkanes of at least 4 members (excludes halogenated alkanes) is 1. The van der Waals surface area contributed by atoms with E-state index in [9.17, 15) is 19.2 Å². The first kappa shape index (κ1) is 26.6. The van der Waals surface area contributed by atoms with Crippen LogP contribution in [0.5, 0.6) is 0 Å². The number of nitrogens with zero attached hydrogens (tertiary/aromatic N) is 1. The molecular weight excluding hydrogens is 382 g/mol. The molecule has 10 nitrogen and oxygen atoms in total. The van der Waals surface area contributed by atoms with E-state index in [0.29, 0.717) is 24.3 Å². The smallest absolute Gasteiger partial charge is 0.420 e. The highest BCUT2D eigenvalue weighted by Crippen LogP contribution is 2.20. The van der Waals surface area contributed by atoms with E-state index in [1.807, 2.05) is 0 Å². The van der Waals surface area contributed by atoms with Crippen LogP contribution in [-0.2, 0) is 19.1 Å². The van der Waals surface area contributed by atoms with Crippen LogP contribution < -0.4 is 11.1 Å². The minimum Gasteiger partial charge on any atom is -0.480 e. The third-order valence-electron chi connectivity index (χ3n) is 3.46. The molecular formula is C19H35N3O7. The molecule has 0 fully saturated rings. The maximum absolute atomic E-state index is 12.8. The molecule has 0 unspecified atom stereocenters. The molecule has 0 aliphatic carbocycles. The molecule has 0 aliphatic heterocycles. The quantitative estimate of drug-likeness (QED) is 0.509. The van der Waals surface area contributed by atoms with Crippen LogP contribution in [0.1, 0.15) is 67.7 Å². The van der Waals surface area contributed by atoms with Gasteiger partial charge in [0.1, 0.15) is 23.3 Å². The molecule has 2 atom stereocenters. The maximum atomic E-state index is 12.8. The zero-order valence-corrected chi connectivity index (χ0v) is 18.4. The Morgan fingerprint density at radius 1 is 0.966 bits per heavy atom. The standard InChI is InChI=1S/C19H35N3O7/c1-12(15(24)25)21-14(23)13(10-8-9-11-20)22(16(26)28-18(2,3)4)17(27)29-19(5,6)7/h12-13H,8-11,20H2,1-7H3,(H,21,23)(H,24,25)/t12-,13-/m0/s1. The highest BCUT2D eigenvalue weighted by atomic mass is 16.6. The monoisotopic (exact) mass is 417 g/mol. The Labute approximate surface area is 172 Å². The summed E-state index contributed by atoms with van der Waals surface area (Å²) in [5.41, 5.74) is 3.65. The molecule has 3 amide bonds. The number of ether oxygens (including phenoxy) is 2. The Hall–Kier alpha value is -2.36. The molecule has 0 radical (unpaired) electrons. The van der Waals surface area contributed by atoms with Crippen molar-refractivity contribution in [3.05, 3.63) is 0 Å². The number of nitrogens with two attached hydrogens (primary N) is 1. The number of hydrogen-bond acceptors (Lipinski definition) is 7. The number of imide groups is 1. The SMILES string of the molecule is C[C@H](NC(=O)[C@H](CCCCN)N(C(=O)OC(C)(C)C)C(=O)OC(C)(C)C)C(=O)O. The molecule has 0 aromatic rings. The first-order valence-electron chi connectivity index (χ1n) is 9.57. The average Bonchev–Trinajstić information content (AvgIpc) is 2.50. The first-order chi connectivity index (χ1) is 13.1. The van der Waals surface area contributed by atoms with E-state index in [0.717, 1.165) is 0 Å². The molecule has 0 saturated heterocycles. The number of aliphatic carboxylic acids is 1. The highest BCUT2D eigenvalue weighted by molar-refractivity contribution is 5.96. The lowest BCUT2D eigenvalue weighted by Gasteiger charge is -2.33. The zero-order valence-electron chi connectivity index (χ0n) is 18.4. The minimum atomic E-state index is -1.31. The molecule has 0 saturated carbocycles. The van der Waals surface area contributed by atoms with Crippen LogP contribution in [0.15, 0.2) is 0 Å². The number of rotatable bonds is 8. The van der Waals surface area contributed by atoms with Gasteiger partial charge in [0, 0.05) is 0 Å². The minimum absolute atomic E-state index is 0.0772. The van der Waals surface area contributed by atoms with Crippen molar-refractivity contribution in [2.45, 2.75) is 91.0 Å². The predicted molar refractivity (Wildman–Crippen MR) is 106 cm³/mol. The van der Waals surface area contributed by atoms with Crippen LogP contribution >= 0.6 is 0 Å². The largest absolute Gasteiger partial charge is 0.480 e. The van der Waals surface area contributed by atoms with Crippen molar-refractivity contribution in [1.82, 2.24) is 10.2 Å². The van der Waals surface area contributed by atoms with Crippen molar-refractivity contribution in [2.75, 3.05) is 6.54 Å². The van der Waals surface area contributed by atoms with E-state index in [-0.39, 0.29) is 6.42 Å². The Morgan fingerprint density at radius 3 is 1.76 bits per heavy atom. The van der Waals surface area contributed by atoms with Gasteiger partial charge in [0.15, 0.2) is 0 Å². The van der Waals surface area contributed by atoms with Crippen molar-refractivity contribution in [3.63, 3.8) is 0 Å². The normalized spacial score (nSPS) is 13.8. The molecule has 0 rings (SSSR count). The second kappa shape index (κ2) is 11.0. The molecule has 0 bridgehead atoms. The molecule has 168 valence electrons. The van der Waals surface area contributed by atoms with Gasteiger partial charge < -0.3 is 25.6 Å². The molecule has 0 aromatic heterocycles. The molecule has 0 aromatic carbocycles. The molecule has 29 heavy (non-hydrogen) atoms. The summed E-state index contributed by atoms with van der Waals surface area (Å²) in [7, 11) is 0. The summed E-state index contributed by atoms with van der Waals surface area (Å²) in [6, 6.07) is -2.52. The van der Waals surface area contributed by atoms with Crippen molar-refractivity contribution >= 4 is 24.1 Å². The van der Waals surface area contributed by atoms with Gasteiger partial charge in [-0.3, -0.25) is 9.59 Å². The lowest BCUT2D eigenvalue weighted by Crippen LogP contribution is -2.56. The van der Waals surface area contributed by atoms with Gasteiger partial charge in [-0.25, -0.2) is 9.59 Å². The van der Waals surface area contributed by atoms with E-state index >= 15 is 0 Å². The van der Waals surface area contributed by atoms with Crippen LogP contribution in [0.3, 0.4) is 0 Å². The lowest BCUT2D eigenvalue weighted by atomic mass is 10.1. The summed E-state index contributed by atoms with van der Waals surface area (Å²) in [4.78, 5) is 50.0. The van der Waals surface area contributed by atoms with Gasteiger partial charge in [-0.2, -0.15) is 4.90 Å². The number of carbonyl (C=O) groups excluding carboxylic acids is 3. The highest BCUT2D eigenvalue weighted by Gasteiger charge is 2.40. The van der Waals surface area contributed by atoms with Crippen molar-refractivity contribution < 1.29 is 33.8 Å². The predicted octanol–water partition coefficient (Wildman–Crippen LogP) is 2.25. The Morgan fingerprint density at radius 2 is 1.41 bits per heavy atom. The number of carbonyl (C=O) groups is 4. The van der Waals surface area contributed by atoms with Gasteiger partial charge in [0.05, 0.1) is 0 Å². The second-order valence-electron chi connectivity index (χ2n) is 8.70. The Balaban J connectivity index is 5.94. The third-order valence-corrected chi connectivity index (χ3v) is 3.46. The average molecular weight is 418 g/mol. The fraction of sp³-hybridized carbons (Fsp3) is 0.789. The molecule has 0 spiro atoms. The van der Waals surface area contributed by atoms with E-state index in [2.05, 4.69) is 5.32 Å². The van der Waals surface area contributed by atoms with Crippen LogP contribution in [0.4, 0.5) is 9.59 Å². The van der Waals surface area contributed by atoms with Gasteiger partial charge in [-0.05, 0) is 74.3 Å². The number of amides is 3. The van der Waals surface area contributed by atoms with Gasteiger partial charge in [0.25, 0.3) is 0 Å². The van der Waals surface area contributed by atoms with E-state index < -0.39 is 47.3 Å². The van der Waals surface area contributed by atoms with E-state index in [4.69, 9.17) is 20.3 Å². The van der Waals surface area contributed by atoms with Gasteiger partial charge in [-0.1, -0.05) is 0 Å². The third kappa shape index (κ3) is 10.7. The topological polar surface area (TPSA) is 148 Å². The summed E-state index contributed by atoms with van der Waals surface area (Å²) >= 11 is 0. The van der Waals surface area contributed by atoms with Crippen LogP contribution in [0, 0.1) is 0 Å². The fourth-order valence-electron chi connectivity index (χ4n) is 2.18. The summed E-state index contributed by atoms with van der Waals surface area (Å²) in [5, 5.41) is 11.4. The summed E-state index contributed by atoms with van der Waals surface area (Å²) in [6.45, 7) is 11.4. The molecule has 10 heteroatoms. The van der Waals surface area contributed by atoms with Crippen LogP contribution in [0.25, 0.3) is 0 Å². The van der Waals surface area contributed by atoms with Crippen LogP contribution in [0.2, 0.25) is 0 Å². The van der Waals surface area contributed by atoms with Crippen molar-refractivity contribution in [2.24, 2.45) is 5.73 Å². The number of carboxylic acid groups (broad SMARTS) is 1. The van der Waals surface area contributed by atoms with Crippen molar-refractivity contribution in [3.8, 4) is 0 Å². The van der Waals surface area contributed by atoms with E-state index in [1.54, 1.807) is 41.5 Å². The Kier molecular flexibility index (Phi) is 10.1. The molecule has 4 N–H and O–H groups in total. The lowest BCUT2D eigenvalue weighted by molar-refractivity contribution is -0.142. The molecule has 0 aliphatic rings. The first-order valence-corrected chi connectivity index (χ1v) is 9.57. The van der Waals surface area contributed by atoms with Crippen LogP contribution in [-0.4, -0.2) is 63.9 Å². The van der Waals surface area contributed by atoms with E-state index in [1.165, 1.54) is 6.92 Å². The van der Waals surface area contributed by atoms with Gasteiger partial charge in [-0.15, -0.1) is 0 Å². The summed E-state index contributed by atoms with van der Waals surface area (Å²) in [6.07, 6.45) is -1.05. The van der Waals surface area contributed by atoms with Gasteiger partial charge in [0.2, 0.25) is 5.91 Å². The zero-order chi connectivity index (χ0) is 23.0. The van der Waals surface area contributed by atoms with Crippen molar-refractivity contribution in [1.29, 1.82) is 0 Å². The second-order valence-corrected chi connectivity index (χ2v) is 8.70. The maximum Gasteiger partial charge on any atom is 0.420 e. The number of carboxylic acids is 1. The number of hydrogen-bond donors (Lipinski definition) is 3. The molecule has 0 heterocycles.